The highest BCUT2D eigenvalue weighted by Gasteiger charge is 2.12. The molecule has 0 radical (unpaired) electrons. The Morgan fingerprint density at radius 3 is 2.67 bits per heavy atom. The molecule has 18 heavy (non-hydrogen) atoms. The zero-order valence-corrected chi connectivity index (χ0v) is 11.0. The van der Waals surface area contributed by atoms with E-state index in [0.717, 1.165) is 0 Å². The number of anilines is 1. The van der Waals surface area contributed by atoms with Crippen LogP contribution in [0.15, 0.2) is 12.1 Å². The van der Waals surface area contributed by atoms with Crippen LogP contribution in [0.3, 0.4) is 0 Å². The average Bonchev–Trinajstić information content (AvgIpc) is 2.38. The van der Waals surface area contributed by atoms with Gasteiger partial charge in [-0.3, -0.25) is 9.59 Å². The second-order valence-corrected chi connectivity index (χ2v) is 3.86. The Kier molecular flexibility index (Phi) is 5.38. The number of halogens is 1. The van der Waals surface area contributed by atoms with Crippen LogP contribution in [0.1, 0.15) is 16.9 Å². The monoisotopic (exact) mass is 270 g/mol. The minimum absolute atomic E-state index is 0.139. The van der Waals surface area contributed by atoms with Gasteiger partial charge in [-0.25, -0.2) is 4.98 Å². The molecule has 0 saturated carbocycles. The quantitative estimate of drug-likeness (QED) is 0.733. The number of hydrogen-bond acceptors (Lipinski definition) is 4. The first kappa shape index (κ1) is 14.2. The van der Waals surface area contributed by atoms with Gasteiger partial charge in [-0.2, -0.15) is 0 Å². The van der Waals surface area contributed by atoms with Crippen LogP contribution in [0, 0.1) is 0 Å². The molecule has 98 valence electrons. The van der Waals surface area contributed by atoms with Gasteiger partial charge >= 0.3 is 0 Å². The maximum Gasteiger partial charge on any atom is 0.271 e. The van der Waals surface area contributed by atoms with E-state index in [9.17, 15) is 9.59 Å². The molecule has 0 saturated heterocycles. The summed E-state index contributed by atoms with van der Waals surface area (Å²) in [5, 5.41) is 8.14. The Morgan fingerprint density at radius 2 is 2.06 bits per heavy atom. The summed E-state index contributed by atoms with van der Waals surface area (Å²) in [6, 6.07) is 3.26. The van der Waals surface area contributed by atoms with E-state index in [2.05, 4.69) is 20.9 Å². The number of rotatable bonds is 5. The van der Waals surface area contributed by atoms with Crippen LogP contribution in [0.4, 0.5) is 5.82 Å². The van der Waals surface area contributed by atoms with E-state index in [1.807, 2.05) is 0 Å². The number of carbonyl (C=O) groups is 2. The van der Waals surface area contributed by atoms with Crippen molar-refractivity contribution in [2.45, 2.75) is 6.42 Å². The van der Waals surface area contributed by atoms with Gasteiger partial charge in [-0.05, 0) is 12.1 Å². The zero-order chi connectivity index (χ0) is 13.5. The highest BCUT2D eigenvalue weighted by molar-refractivity contribution is 6.33. The smallest absolute Gasteiger partial charge is 0.271 e. The summed E-state index contributed by atoms with van der Waals surface area (Å²) in [5.41, 5.74) is 0.139. The molecule has 7 heteroatoms. The number of nitrogens with zero attached hydrogens (tertiary/aromatic N) is 1. The highest BCUT2D eigenvalue weighted by Crippen LogP contribution is 2.16. The maximum atomic E-state index is 11.8. The summed E-state index contributed by atoms with van der Waals surface area (Å²) in [5.74, 6) is 0.00943. The van der Waals surface area contributed by atoms with Crippen LogP contribution in [0.5, 0.6) is 0 Å². The van der Waals surface area contributed by atoms with Crippen LogP contribution < -0.4 is 16.0 Å². The maximum absolute atomic E-state index is 11.8. The molecular formula is C11H15ClN4O2. The predicted molar refractivity (Wildman–Crippen MR) is 69.8 cm³/mol. The van der Waals surface area contributed by atoms with Crippen molar-refractivity contribution in [1.29, 1.82) is 0 Å². The van der Waals surface area contributed by atoms with Crippen LogP contribution in [0.2, 0.25) is 5.02 Å². The van der Waals surface area contributed by atoms with Gasteiger partial charge < -0.3 is 16.0 Å². The third-order valence-corrected chi connectivity index (χ3v) is 2.54. The molecule has 0 aliphatic carbocycles. The lowest BCUT2D eigenvalue weighted by Gasteiger charge is -2.07. The molecule has 6 nitrogen and oxygen atoms in total. The Bertz CT molecular complexity index is 451. The molecule has 0 aliphatic heterocycles. The molecule has 1 rings (SSSR count). The summed E-state index contributed by atoms with van der Waals surface area (Å²) in [4.78, 5) is 26.8. The van der Waals surface area contributed by atoms with Crippen molar-refractivity contribution >= 4 is 29.2 Å². The van der Waals surface area contributed by atoms with Crippen LogP contribution in [-0.4, -0.2) is 37.4 Å². The number of hydrogen-bond donors (Lipinski definition) is 3. The van der Waals surface area contributed by atoms with E-state index >= 15 is 0 Å². The number of carbonyl (C=O) groups excluding carboxylic acids is 2. The third kappa shape index (κ3) is 3.89. The van der Waals surface area contributed by atoms with E-state index in [-0.39, 0.29) is 29.6 Å². The molecule has 1 aromatic rings. The molecule has 1 aromatic heterocycles. The van der Waals surface area contributed by atoms with E-state index in [1.165, 1.54) is 0 Å². The summed E-state index contributed by atoms with van der Waals surface area (Å²) in [6.45, 7) is 0.236. The summed E-state index contributed by atoms with van der Waals surface area (Å²) in [7, 11) is 3.24. The molecule has 0 atom stereocenters. The SMILES string of the molecule is CNC(=O)CCNC(=O)c1nc(NC)ccc1Cl. The van der Waals surface area contributed by atoms with Gasteiger partial charge in [0, 0.05) is 27.1 Å². The zero-order valence-electron chi connectivity index (χ0n) is 10.2. The van der Waals surface area contributed by atoms with E-state index in [0.29, 0.717) is 5.82 Å². The largest absolute Gasteiger partial charge is 0.373 e. The Morgan fingerprint density at radius 1 is 1.33 bits per heavy atom. The Labute approximate surface area is 110 Å². The minimum Gasteiger partial charge on any atom is -0.373 e. The lowest BCUT2D eigenvalue weighted by atomic mass is 10.3. The molecule has 0 bridgehead atoms. The fourth-order valence-corrected chi connectivity index (χ4v) is 1.43. The second-order valence-electron chi connectivity index (χ2n) is 3.46. The van der Waals surface area contributed by atoms with Gasteiger partial charge in [0.2, 0.25) is 5.91 Å². The first-order valence-corrected chi connectivity index (χ1v) is 5.79. The van der Waals surface area contributed by atoms with Crippen LogP contribution >= 0.6 is 11.6 Å². The van der Waals surface area contributed by atoms with Crippen molar-refractivity contribution in [1.82, 2.24) is 15.6 Å². The summed E-state index contributed by atoms with van der Waals surface area (Å²) >= 11 is 5.89. The first-order chi connectivity index (χ1) is 8.58. The van der Waals surface area contributed by atoms with Gasteiger partial charge in [-0.1, -0.05) is 11.6 Å². The number of aromatic nitrogens is 1. The van der Waals surface area contributed by atoms with Gasteiger partial charge in [0.15, 0.2) is 0 Å². The lowest BCUT2D eigenvalue weighted by molar-refractivity contribution is -0.120. The fraction of sp³-hybridized carbons (Fsp3) is 0.364. The third-order valence-electron chi connectivity index (χ3n) is 2.23. The number of pyridine rings is 1. The van der Waals surface area contributed by atoms with Crippen molar-refractivity contribution in [3.63, 3.8) is 0 Å². The molecular weight excluding hydrogens is 256 g/mol. The molecule has 0 unspecified atom stereocenters. The van der Waals surface area contributed by atoms with Crippen molar-refractivity contribution in [2.75, 3.05) is 26.0 Å². The topological polar surface area (TPSA) is 83.1 Å². The van der Waals surface area contributed by atoms with E-state index in [1.54, 1.807) is 26.2 Å². The van der Waals surface area contributed by atoms with Gasteiger partial charge in [-0.15, -0.1) is 0 Å². The molecule has 3 N–H and O–H groups in total. The Balaban J connectivity index is 2.63. The minimum atomic E-state index is -0.402. The first-order valence-electron chi connectivity index (χ1n) is 5.41. The molecule has 0 aromatic carbocycles. The van der Waals surface area contributed by atoms with E-state index in [4.69, 9.17) is 11.6 Å². The van der Waals surface area contributed by atoms with Gasteiger partial charge in [0.1, 0.15) is 11.5 Å². The van der Waals surface area contributed by atoms with Gasteiger partial charge in [0.25, 0.3) is 5.91 Å². The lowest BCUT2D eigenvalue weighted by Crippen LogP contribution is -2.30. The van der Waals surface area contributed by atoms with Gasteiger partial charge in [0.05, 0.1) is 5.02 Å². The summed E-state index contributed by atoms with van der Waals surface area (Å²) in [6.07, 6.45) is 0.214. The normalized spacial score (nSPS) is 9.72. The van der Waals surface area contributed by atoms with E-state index < -0.39 is 5.91 Å². The van der Waals surface area contributed by atoms with Crippen LogP contribution in [0.25, 0.3) is 0 Å². The molecule has 0 fully saturated rings. The summed E-state index contributed by atoms with van der Waals surface area (Å²) < 4.78 is 0. The standard InChI is InChI=1S/C11H15ClN4O2/c1-13-8-4-3-7(12)10(16-8)11(18)15-6-5-9(17)14-2/h3-4H,5-6H2,1-2H3,(H,13,16)(H,14,17)(H,15,18). The molecule has 1 heterocycles. The number of nitrogens with one attached hydrogen (secondary N) is 3. The number of amides is 2. The average molecular weight is 271 g/mol. The molecule has 2 amide bonds. The Hall–Kier alpha value is -1.82. The molecule has 0 aliphatic rings. The van der Waals surface area contributed by atoms with Crippen molar-refractivity contribution < 1.29 is 9.59 Å². The van der Waals surface area contributed by atoms with Crippen LogP contribution in [-0.2, 0) is 4.79 Å². The van der Waals surface area contributed by atoms with Crippen molar-refractivity contribution in [3.05, 3.63) is 22.8 Å². The van der Waals surface area contributed by atoms with Crippen molar-refractivity contribution in [3.8, 4) is 0 Å². The predicted octanol–water partition coefficient (Wildman–Crippen LogP) is 0.643. The van der Waals surface area contributed by atoms with Crippen molar-refractivity contribution in [2.24, 2.45) is 0 Å². The fourth-order valence-electron chi connectivity index (χ4n) is 1.24. The second kappa shape index (κ2) is 6.80. The molecule has 0 spiro atoms. The highest BCUT2D eigenvalue weighted by atomic mass is 35.5.